The molecule has 0 saturated carbocycles. The summed E-state index contributed by atoms with van der Waals surface area (Å²) in [7, 11) is 0. The van der Waals surface area contributed by atoms with E-state index in [-0.39, 0.29) is 6.54 Å². The van der Waals surface area contributed by atoms with E-state index >= 15 is 0 Å². The molecule has 2 aromatic rings. The summed E-state index contributed by atoms with van der Waals surface area (Å²) in [4.78, 5) is 26.5. The lowest BCUT2D eigenvalue weighted by molar-refractivity contribution is -0.385. The first-order chi connectivity index (χ1) is 11.7. The van der Waals surface area contributed by atoms with Crippen LogP contribution in [0, 0.1) is 10.1 Å². The van der Waals surface area contributed by atoms with Crippen LogP contribution in [0.2, 0.25) is 5.15 Å². The van der Waals surface area contributed by atoms with E-state index in [9.17, 15) is 28.1 Å². The van der Waals surface area contributed by atoms with Crippen LogP contribution in [0.25, 0.3) is 0 Å². The molecule has 1 amide bonds. The molecule has 0 spiro atoms. The van der Waals surface area contributed by atoms with Gasteiger partial charge in [-0.3, -0.25) is 14.9 Å². The number of hydrogen-bond donors (Lipinski definition) is 0. The second kappa shape index (κ2) is 7.47. The lowest BCUT2D eigenvalue weighted by Crippen LogP contribution is -2.38. The lowest BCUT2D eigenvalue weighted by atomic mass is 10.1. The Bertz CT molecular complexity index is 785. The third-order valence-corrected chi connectivity index (χ3v) is 3.44. The minimum atomic E-state index is -4.65. The Labute approximate surface area is 145 Å². The van der Waals surface area contributed by atoms with E-state index in [1.54, 1.807) is 30.3 Å². The molecule has 0 unspecified atom stereocenters. The molecule has 0 bridgehead atoms. The third kappa shape index (κ3) is 5.15. The fourth-order valence-electron chi connectivity index (χ4n) is 2.08. The lowest BCUT2D eigenvalue weighted by Gasteiger charge is -2.24. The van der Waals surface area contributed by atoms with Gasteiger partial charge in [0.1, 0.15) is 17.9 Å². The van der Waals surface area contributed by atoms with Gasteiger partial charge in [-0.15, -0.1) is 0 Å². The number of amides is 1. The topological polar surface area (TPSA) is 76.3 Å². The molecule has 2 rings (SSSR count). The van der Waals surface area contributed by atoms with Crippen LogP contribution >= 0.6 is 11.6 Å². The molecule has 1 aromatic heterocycles. The van der Waals surface area contributed by atoms with Crippen LogP contribution in [0.3, 0.4) is 0 Å². The van der Waals surface area contributed by atoms with Crippen molar-refractivity contribution in [3.8, 4) is 0 Å². The second-order valence-corrected chi connectivity index (χ2v) is 5.41. The van der Waals surface area contributed by atoms with Crippen molar-refractivity contribution in [3.63, 3.8) is 0 Å². The van der Waals surface area contributed by atoms with Crippen molar-refractivity contribution < 1.29 is 22.9 Å². The molecule has 0 radical (unpaired) electrons. The van der Waals surface area contributed by atoms with Gasteiger partial charge in [-0.25, -0.2) is 4.98 Å². The average Bonchev–Trinajstić information content (AvgIpc) is 2.53. The molecule has 0 atom stereocenters. The SMILES string of the molecule is O=C(c1cc([N+](=O)[O-])cnc1Cl)N(Cc1ccccc1)CC(F)(F)F. The van der Waals surface area contributed by atoms with Gasteiger partial charge < -0.3 is 4.90 Å². The van der Waals surface area contributed by atoms with Gasteiger partial charge in [-0.2, -0.15) is 13.2 Å². The Morgan fingerprint density at radius 3 is 2.48 bits per heavy atom. The van der Waals surface area contributed by atoms with Crippen molar-refractivity contribution in [2.75, 3.05) is 6.54 Å². The molecule has 0 aliphatic carbocycles. The van der Waals surface area contributed by atoms with Gasteiger partial charge in [0.2, 0.25) is 0 Å². The Kier molecular flexibility index (Phi) is 5.58. The number of hydrogen-bond acceptors (Lipinski definition) is 4. The van der Waals surface area contributed by atoms with Crippen LogP contribution in [-0.2, 0) is 6.54 Å². The molecule has 0 fully saturated rings. The fourth-order valence-corrected chi connectivity index (χ4v) is 2.26. The van der Waals surface area contributed by atoms with E-state index in [0.717, 1.165) is 12.3 Å². The van der Waals surface area contributed by atoms with E-state index < -0.39 is 40.0 Å². The van der Waals surface area contributed by atoms with Gasteiger partial charge in [0.25, 0.3) is 11.6 Å². The van der Waals surface area contributed by atoms with Crippen LogP contribution in [0.1, 0.15) is 15.9 Å². The molecule has 0 N–H and O–H groups in total. The highest BCUT2D eigenvalue weighted by Gasteiger charge is 2.34. The Hall–Kier alpha value is -2.68. The minimum absolute atomic E-state index is 0.335. The van der Waals surface area contributed by atoms with Gasteiger partial charge >= 0.3 is 6.18 Å². The monoisotopic (exact) mass is 373 g/mol. The number of benzene rings is 1. The highest BCUT2D eigenvalue weighted by atomic mass is 35.5. The maximum atomic E-state index is 12.8. The van der Waals surface area contributed by atoms with Gasteiger partial charge in [-0.05, 0) is 5.56 Å². The van der Waals surface area contributed by atoms with Gasteiger partial charge in [0.05, 0.1) is 10.5 Å². The van der Waals surface area contributed by atoms with Gasteiger partial charge in [0, 0.05) is 12.6 Å². The Morgan fingerprint density at radius 1 is 1.28 bits per heavy atom. The number of aromatic nitrogens is 1. The number of pyridine rings is 1. The van der Waals surface area contributed by atoms with Crippen LogP contribution in [0.15, 0.2) is 42.6 Å². The van der Waals surface area contributed by atoms with Crippen molar-refractivity contribution in [2.24, 2.45) is 0 Å². The summed E-state index contributed by atoms with van der Waals surface area (Å²) in [5, 5.41) is 10.4. The van der Waals surface area contributed by atoms with Crippen molar-refractivity contribution >= 4 is 23.2 Å². The molecule has 0 aliphatic rings. The number of carbonyl (C=O) groups excluding carboxylic acids is 1. The van der Waals surface area contributed by atoms with Crippen LogP contribution in [0.4, 0.5) is 18.9 Å². The molecule has 0 saturated heterocycles. The summed E-state index contributed by atoms with van der Waals surface area (Å²) >= 11 is 5.75. The largest absolute Gasteiger partial charge is 0.406 e. The standard InChI is InChI=1S/C15H11ClF3N3O3/c16-13-12(6-11(7-20-13)22(24)25)14(23)21(9-15(17,18)19)8-10-4-2-1-3-5-10/h1-7H,8-9H2. The van der Waals surface area contributed by atoms with Gasteiger partial charge in [-0.1, -0.05) is 41.9 Å². The second-order valence-electron chi connectivity index (χ2n) is 5.05. The number of alkyl halides is 3. The van der Waals surface area contributed by atoms with Crippen molar-refractivity contribution in [2.45, 2.75) is 12.7 Å². The minimum Gasteiger partial charge on any atom is -0.325 e. The maximum absolute atomic E-state index is 12.8. The third-order valence-electron chi connectivity index (χ3n) is 3.14. The van der Waals surface area contributed by atoms with Crippen molar-refractivity contribution in [3.05, 3.63) is 69.0 Å². The summed E-state index contributed by atoms with van der Waals surface area (Å²) in [6.07, 6.45) is -3.82. The molecular weight excluding hydrogens is 363 g/mol. The van der Waals surface area contributed by atoms with Gasteiger partial charge in [0.15, 0.2) is 0 Å². The highest BCUT2D eigenvalue weighted by Crippen LogP contribution is 2.24. The van der Waals surface area contributed by atoms with Crippen LogP contribution in [0.5, 0.6) is 0 Å². The quantitative estimate of drug-likeness (QED) is 0.453. The predicted octanol–water partition coefficient (Wildman–Crippen LogP) is 3.85. The van der Waals surface area contributed by atoms with E-state index in [0.29, 0.717) is 10.5 Å². The Balaban J connectivity index is 2.38. The summed E-state index contributed by atoms with van der Waals surface area (Å²) in [6.45, 7) is -1.86. The predicted molar refractivity (Wildman–Crippen MR) is 83.1 cm³/mol. The zero-order valence-corrected chi connectivity index (χ0v) is 13.3. The fraction of sp³-hybridized carbons (Fsp3) is 0.200. The molecule has 10 heteroatoms. The summed E-state index contributed by atoms with van der Waals surface area (Å²) in [5.74, 6) is -1.10. The highest BCUT2D eigenvalue weighted by molar-refractivity contribution is 6.32. The molecule has 0 aliphatic heterocycles. The molecule has 25 heavy (non-hydrogen) atoms. The normalized spacial score (nSPS) is 11.2. The number of carbonyl (C=O) groups is 1. The van der Waals surface area contributed by atoms with E-state index in [2.05, 4.69) is 4.98 Å². The molecule has 1 aromatic carbocycles. The van der Waals surface area contributed by atoms with Crippen molar-refractivity contribution in [1.29, 1.82) is 0 Å². The average molecular weight is 374 g/mol. The van der Waals surface area contributed by atoms with Crippen LogP contribution in [-0.4, -0.2) is 33.4 Å². The van der Waals surface area contributed by atoms with Crippen molar-refractivity contribution in [1.82, 2.24) is 9.88 Å². The number of nitro groups is 1. The summed E-state index contributed by atoms with van der Waals surface area (Å²) in [6, 6.07) is 8.85. The zero-order valence-electron chi connectivity index (χ0n) is 12.5. The summed E-state index contributed by atoms with van der Waals surface area (Å²) < 4.78 is 38.5. The first kappa shape index (κ1) is 18.7. The Morgan fingerprint density at radius 2 is 1.92 bits per heavy atom. The molecular formula is C15H11ClF3N3O3. The number of rotatable bonds is 5. The van der Waals surface area contributed by atoms with Crippen LogP contribution < -0.4 is 0 Å². The smallest absolute Gasteiger partial charge is 0.325 e. The van der Waals surface area contributed by atoms with E-state index in [1.165, 1.54) is 0 Å². The molecule has 132 valence electrons. The number of nitrogens with zero attached hydrogens (tertiary/aromatic N) is 3. The van der Waals surface area contributed by atoms with E-state index in [1.807, 2.05) is 0 Å². The first-order valence-electron chi connectivity index (χ1n) is 6.87. The molecule has 1 heterocycles. The first-order valence-corrected chi connectivity index (χ1v) is 7.25. The molecule has 6 nitrogen and oxygen atoms in total. The number of halogens is 4. The summed E-state index contributed by atoms with van der Waals surface area (Å²) in [5.41, 5.74) is -0.537. The zero-order chi connectivity index (χ0) is 18.6. The van der Waals surface area contributed by atoms with E-state index in [4.69, 9.17) is 11.6 Å². The maximum Gasteiger partial charge on any atom is 0.406 e.